The first kappa shape index (κ1) is 26.0. The van der Waals surface area contributed by atoms with Gasteiger partial charge in [0.05, 0.1) is 35.0 Å². The summed E-state index contributed by atoms with van der Waals surface area (Å²) in [5.74, 6) is -0.0208. The van der Waals surface area contributed by atoms with Gasteiger partial charge in [-0.2, -0.15) is 5.26 Å². The van der Waals surface area contributed by atoms with E-state index >= 15 is 0 Å². The summed E-state index contributed by atoms with van der Waals surface area (Å²) in [6, 6.07) is 6.54. The minimum absolute atomic E-state index is 0.0434. The molecule has 0 radical (unpaired) electrons. The maximum absolute atomic E-state index is 13.2. The van der Waals surface area contributed by atoms with Crippen LogP contribution in [0.5, 0.6) is 0 Å². The molecular weight excluding hydrogens is 498 g/mol. The van der Waals surface area contributed by atoms with E-state index in [0.29, 0.717) is 48.5 Å². The van der Waals surface area contributed by atoms with Gasteiger partial charge >= 0.3 is 0 Å². The van der Waals surface area contributed by atoms with Crippen molar-refractivity contribution in [2.75, 3.05) is 36.5 Å². The molecule has 0 bridgehead atoms. The zero-order chi connectivity index (χ0) is 26.0. The van der Waals surface area contributed by atoms with Crippen molar-refractivity contribution in [1.29, 1.82) is 5.26 Å². The van der Waals surface area contributed by atoms with Crippen LogP contribution in [0.3, 0.4) is 0 Å². The number of nitrogens with one attached hydrogen (secondary N) is 2. The van der Waals surface area contributed by atoms with Gasteiger partial charge in [0.25, 0.3) is 11.6 Å². The van der Waals surface area contributed by atoms with Crippen LogP contribution in [0.2, 0.25) is 0 Å². The molecule has 1 aliphatic carbocycles. The number of ether oxygens (including phenoxy) is 1. The van der Waals surface area contributed by atoms with Gasteiger partial charge in [0, 0.05) is 30.1 Å². The number of fused-ring (bicyclic) bond motifs is 1. The molecule has 1 amide bonds. The number of carbonyl (C=O) groups is 1. The number of nitrogens with zero attached hydrogens (tertiary/aromatic N) is 3. The maximum Gasteiger partial charge on any atom is 0.270 e. The standard InChI is InChI=1S/C25H29N5O4S2/c1-25(2,3)15-4-6-17-19(14-26)23(36-21(17)12-15)28-24(35)27-22(31)18-13-16(30(32)33)5-7-20(18)29-8-10-34-11-9-29/h5,7,13,15H,4,6,8-12H2,1-3H3,(H2,27,28,31,35). The summed E-state index contributed by atoms with van der Waals surface area (Å²) < 4.78 is 5.39. The number of hydrogen-bond acceptors (Lipinski definition) is 8. The van der Waals surface area contributed by atoms with Crippen LogP contribution in [0.1, 0.15) is 53.6 Å². The Morgan fingerprint density at radius 1 is 1.33 bits per heavy atom. The van der Waals surface area contributed by atoms with Crippen molar-refractivity contribution in [2.24, 2.45) is 11.3 Å². The normalized spacial score (nSPS) is 17.6. The Morgan fingerprint density at radius 3 is 2.69 bits per heavy atom. The highest BCUT2D eigenvalue weighted by Crippen LogP contribution is 2.44. The number of nitriles is 1. The third kappa shape index (κ3) is 5.51. The molecule has 1 unspecified atom stereocenters. The largest absolute Gasteiger partial charge is 0.378 e. The number of morpholine rings is 1. The van der Waals surface area contributed by atoms with Crippen LogP contribution in [-0.2, 0) is 17.6 Å². The Bertz CT molecular complexity index is 1240. The molecule has 11 heteroatoms. The number of nitro benzene ring substituents is 1. The third-order valence-electron chi connectivity index (χ3n) is 6.84. The van der Waals surface area contributed by atoms with E-state index in [0.717, 1.165) is 24.8 Å². The van der Waals surface area contributed by atoms with Crippen LogP contribution in [-0.4, -0.2) is 42.2 Å². The summed E-state index contributed by atoms with van der Waals surface area (Å²) in [5, 5.41) is 27.5. The predicted octanol–water partition coefficient (Wildman–Crippen LogP) is 4.64. The van der Waals surface area contributed by atoms with Crippen molar-refractivity contribution in [1.82, 2.24) is 5.32 Å². The molecule has 1 saturated heterocycles. The minimum atomic E-state index is -0.551. The van der Waals surface area contributed by atoms with Crippen LogP contribution >= 0.6 is 23.6 Å². The van der Waals surface area contributed by atoms with Crippen LogP contribution in [0.25, 0.3) is 0 Å². The van der Waals surface area contributed by atoms with Crippen molar-refractivity contribution in [3.05, 3.63) is 49.9 Å². The topological polar surface area (TPSA) is 121 Å². The van der Waals surface area contributed by atoms with E-state index in [1.165, 1.54) is 28.3 Å². The zero-order valence-corrected chi connectivity index (χ0v) is 22.2. The Kier molecular flexibility index (Phi) is 7.59. The molecular formula is C25H29N5O4S2. The van der Waals surface area contributed by atoms with E-state index in [2.05, 4.69) is 37.5 Å². The van der Waals surface area contributed by atoms with Gasteiger partial charge in [0.15, 0.2) is 5.11 Å². The van der Waals surface area contributed by atoms with Crippen molar-refractivity contribution in [3.63, 3.8) is 0 Å². The van der Waals surface area contributed by atoms with E-state index in [1.54, 1.807) is 6.07 Å². The quantitative estimate of drug-likeness (QED) is 0.335. The monoisotopic (exact) mass is 527 g/mol. The molecule has 1 aromatic heterocycles. The number of non-ortho nitro benzene ring substituents is 1. The highest BCUT2D eigenvalue weighted by Gasteiger charge is 2.32. The lowest BCUT2D eigenvalue weighted by Crippen LogP contribution is -2.39. The van der Waals surface area contributed by atoms with Gasteiger partial charge in [-0.15, -0.1) is 11.3 Å². The Balaban J connectivity index is 1.53. The number of carbonyl (C=O) groups excluding carboxylic acids is 1. The van der Waals surface area contributed by atoms with Gasteiger partial charge in [-0.3, -0.25) is 20.2 Å². The molecule has 2 N–H and O–H groups in total. The number of anilines is 2. The molecule has 1 fully saturated rings. The van der Waals surface area contributed by atoms with Crippen molar-refractivity contribution < 1.29 is 14.5 Å². The van der Waals surface area contributed by atoms with Gasteiger partial charge in [0.1, 0.15) is 11.1 Å². The first-order valence-corrected chi connectivity index (χ1v) is 13.1. The fourth-order valence-corrected chi connectivity index (χ4v) is 6.28. The molecule has 2 aromatic rings. The molecule has 2 aliphatic rings. The van der Waals surface area contributed by atoms with Gasteiger partial charge in [0.2, 0.25) is 0 Å². The number of benzene rings is 1. The van der Waals surface area contributed by atoms with Crippen LogP contribution in [0.15, 0.2) is 18.2 Å². The lowest BCUT2D eigenvalue weighted by atomic mass is 9.72. The second-order valence-electron chi connectivity index (χ2n) is 10.1. The molecule has 0 saturated carbocycles. The first-order valence-electron chi connectivity index (χ1n) is 11.9. The summed E-state index contributed by atoms with van der Waals surface area (Å²) in [6.45, 7) is 8.88. The number of thiocarbonyl (C=S) groups is 1. The molecule has 1 atom stereocenters. The first-order chi connectivity index (χ1) is 17.1. The average molecular weight is 528 g/mol. The highest BCUT2D eigenvalue weighted by molar-refractivity contribution is 7.80. The average Bonchev–Trinajstić information content (AvgIpc) is 3.19. The summed E-state index contributed by atoms with van der Waals surface area (Å²) >= 11 is 6.92. The SMILES string of the molecule is CC(C)(C)C1CCc2c(sc(NC(=S)NC(=O)c3cc([N+](=O)[O-])ccc3N3CCOCC3)c2C#N)C1. The third-order valence-corrected chi connectivity index (χ3v) is 8.22. The zero-order valence-electron chi connectivity index (χ0n) is 20.6. The molecule has 2 heterocycles. The highest BCUT2D eigenvalue weighted by atomic mass is 32.1. The number of amides is 1. The Labute approximate surface area is 219 Å². The van der Waals surface area contributed by atoms with E-state index in [4.69, 9.17) is 17.0 Å². The van der Waals surface area contributed by atoms with Crippen LogP contribution in [0, 0.1) is 32.8 Å². The lowest BCUT2D eigenvalue weighted by molar-refractivity contribution is -0.384. The van der Waals surface area contributed by atoms with E-state index in [1.807, 2.05) is 4.90 Å². The Morgan fingerprint density at radius 2 is 2.06 bits per heavy atom. The smallest absolute Gasteiger partial charge is 0.270 e. The van der Waals surface area contributed by atoms with Gasteiger partial charge in [-0.05, 0) is 54.4 Å². The molecule has 9 nitrogen and oxygen atoms in total. The Hall–Kier alpha value is -3.07. The minimum Gasteiger partial charge on any atom is -0.378 e. The summed E-state index contributed by atoms with van der Waals surface area (Å²) in [4.78, 5) is 27.2. The van der Waals surface area contributed by atoms with Crippen molar-refractivity contribution in [3.8, 4) is 6.07 Å². The van der Waals surface area contributed by atoms with Crippen molar-refractivity contribution >= 4 is 51.0 Å². The fourth-order valence-electron chi connectivity index (χ4n) is 4.74. The van der Waals surface area contributed by atoms with Gasteiger partial charge in [-0.1, -0.05) is 20.8 Å². The number of nitro groups is 1. The van der Waals surface area contributed by atoms with Crippen molar-refractivity contribution in [2.45, 2.75) is 40.0 Å². The molecule has 0 spiro atoms. The summed E-state index contributed by atoms with van der Waals surface area (Å²) in [7, 11) is 0. The van der Waals surface area contributed by atoms with Crippen LogP contribution in [0.4, 0.5) is 16.4 Å². The van der Waals surface area contributed by atoms with E-state index < -0.39 is 10.8 Å². The molecule has 1 aliphatic heterocycles. The molecule has 36 heavy (non-hydrogen) atoms. The molecule has 4 rings (SSSR count). The summed E-state index contributed by atoms with van der Waals surface area (Å²) in [5.41, 5.74) is 2.39. The summed E-state index contributed by atoms with van der Waals surface area (Å²) in [6.07, 6.45) is 2.78. The molecule has 190 valence electrons. The van der Waals surface area contributed by atoms with E-state index in [9.17, 15) is 20.2 Å². The van der Waals surface area contributed by atoms with Crippen LogP contribution < -0.4 is 15.5 Å². The number of hydrogen-bond donors (Lipinski definition) is 2. The fraction of sp³-hybridized carbons (Fsp3) is 0.480. The number of rotatable bonds is 4. The lowest BCUT2D eigenvalue weighted by Gasteiger charge is -2.33. The molecule has 1 aromatic carbocycles. The predicted molar refractivity (Wildman–Crippen MR) is 144 cm³/mol. The van der Waals surface area contributed by atoms with Gasteiger partial charge in [-0.25, -0.2) is 0 Å². The second kappa shape index (κ2) is 10.5. The maximum atomic E-state index is 13.2. The van der Waals surface area contributed by atoms with Gasteiger partial charge < -0.3 is 15.0 Å². The van der Waals surface area contributed by atoms with E-state index in [-0.39, 0.29) is 21.8 Å². The number of thiophene rings is 1. The second-order valence-corrected chi connectivity index (χ2v) is 11.6.